The predicted molar refractivity (Wildman–Crippen MR) is 143 cm³/mol. The average Bonchev–Trinajstić information content (AvgIpc) is 3.72. The van der Waals surface area contributed by atoms with Gasteiger partial charge in [0.25, 0.3) is 11.8 Å². The summed E-state index contributed by atoms with van der Waals surface area (Å²) in [6.07, 6.45) is -2.51. The van der Waals surface area contributed by atoms with Gasteiger partial charge in [0, 0.05) is 28.3 Å². The third-order valence-electron chi connectivity index (χ3n) is 6.45. The molecule has 0 bridgehead atoms. The molecule has 1 heterocycles. The largest absolute Gasteiger partial charge is 0.433 e. The van der Waals surface area contributed by atoms with E-state index in [1.54, 1.807) is 0 Å². The van der Waals surface area contributed by atoms with Gasteiger partial charge in [-0.3, -0.25) is 9.59 Å². The summed E-state index contributed by atoms with van der Waals surface area (Å²) >= 11 is 8.75. The van der Waals surface area contributed by atoms with Gasteiger partial charge >= 0.3 is 12.8 Å². The van der Waals surface area contributed by atoms with Crippen molar-refractivity contribution in [3.8, 4) is 5.75 Å². The second kappa shape index (κ2) is 12.1. The number of nitrogens with zero attached hydrogens (tertiary/aromatic N) is 2. The highest BCUT2D eigenvalue weighted by Gasteiger charge is 2.54. The third kappa shape index (κ3) is 6.80. The number of amides is 2. The van der Waals surface area contributed by atoms with Gasteiger partial charge in [0.2, 0.25) is 5.67 Å². The lowest BCUT2D eigenvalue weighted by molar-refractivity contribution is -0.228. The Morgan fingerprint density at radius 3 is 2.45 bits per heavy atom. The first kappa shape index (κ1) is 31.5. The van der Waals surface area contributed by atoms with Gasteiger partial charge < -0.3 is 15.0 Å². The fraction of sp³-hybridized carbons (Fsp3) is 0.296. The van der Waals surface area contributed by atoms with E-state index in [-0.39, 0.29) is 35.8 Å². The van der Waals surface area contributed by atoms with Crippen LogP contribution in [0.2, 0.25) is 5.15 Å². The van der Waals surface area contributed by atoms with Crippen LogP contribution in [0.1, 0.15) is 46.0 Å². The first-order chi connectivity index (χ1) is 19.6. The monoisotopic (exact) mass is 681 g/mol. The zero-order valence-electron chi connectivity index (χ0n) is 21.4. The van der Waals surface area contributed by atoms with Crippen molar-refractivity contribution >= 4 is 50.7 Å². The van der Waals surface area contributed by atoms with Crippen LogP contribution in [0.15, 0.2) is 53.1 Å². The number of carbonyl (C=O) groups excluding carboxylic acids is 2. The van der Waals surface area contributed by atoms with Crippen molar-refractivity contribution in [2.24, 2.45) is 5.92 Å². The van der Waals surface area contributed by atoms with Crippen LogP contribution < -0.4 is 15.0 Å². The standard InChI is InChI=1S/C27H20BrClF7N3O3/c1-26(33,27(34,35)36)15-10-17(28)22(19(11-15)42-25(31)32)38-23(40)16-3-2-4-18(21(16)30)39(12-13-5-6-13)24(41)14-7-8-37-20(29)9-14/h2-4,7-11,13,25H,5-6,12H2,1H3,(H,38,40). The highest BCUT2D eigenvalue weighted by Crippen LogP contribution is 2.46. The van der Waals surface area contributed by atoms with Crippen LogP contribution in [-0.4, -0.2) is 36.1 Å². The van der Waals surface area contributed by atoms with Crippen LogP contribution in [-0.2, 0) is 5.67 Å². The second-order valence-corrected chi connectivity index (χ2v) is 10.8. The van der Waals surface area contributed by atoms with Crippen molar-refractivity contribution < 1.29 is 45.1 Å². The molecular weight excluding hydrogens is 663 g/mol. The number of benzene rings is 2. The van der Waals surface area contributed by atoms with E-state index >= 15 is 4.39 Å². The molecule has 0 saturated heterocycles. The molecule has 1 aromatic heterocycles. The number of hydrogen-bond donors (Lipinski definition) is 1. The average molecular weight is 683 g/mol. The molecule has 224 valence electrons. The molecule has 1 aliphatic rings. The van der Waals surface area contributed by atoms with Gasteiger partial charge in [0.1, 0.15) is 5.15 Å². The lowest BCUT2D eigenvalue weighted by atomic mass is 9.96. The van der Waals surface area contributed by atoms with E-state index in [2.05, 4.69) is 31.0 Å². The molecule has 6 nitrogen and oxygen atoms in total. The number of carbonyl (C=O) groups is 2. The summed E-state index contributed by atoms with van der Waals surface area (Å²) in [6.45, 7) is -3.25. The summed E-state index contributed by atoms with van der Waals surface area (Å²) in [5.74, 6) is -3.89. The second-order valence-electron chi connectivity index (χ2n) is 9.53. The Balaban J connectivity index is 1.71. The number of aromatic nitrogens is 1. The predicted octanol–water partition coefficient (Wildman–Crippen LogP) is 8.29. The normalized spacial score (nSPS) is 14.8. The van der Waals surface area contributed by atoms with E-state index in [1.807, 2.05) is 0 Å². The molecule has 42 heavy (non-hydrogen) atoms. The fourth-order valence-corrected chi connectivity index (χ4v) is 4.67. The molecule has 4 rings (SSSR count). The van der Waals surface area contributed by atoms with Crippen molar-refractivity contribution in [2.45, 2.75) is 38.2 Å². The molecule has 1 N–H and O–H groups in total. The van der Waals surface area contributed by atoms with Crippen LogP contribution in [0.5, 0.6) is 5.75 Å². The van der Waals surface area contributed by atoms with Crippen LogP contribution in [0.25, 0.3) is 0 Å². The van der Waals surface area contributed by atoms with Gasteiger partial charge in [0.05, 0.1) is 16.9 Å². The minimum atomic E-state index is -5.41. The highest BCUT2D eigenvalue weighted by molar-refractivity contribution is 9.10. The molecule has 0 radical (unpaired) electrons. The summed E-state index contributed by atoms with van der Waals surface area (Å²) in [7, 11) is 0. The van der Waals surface area contributed by atoms with E-state index < -0.39 is 63.1 Å². The van der Waals surface area contributed by atoms with Crippen LogP contribution in [0, 0.1) is 11.7 Å². The summed E-state index contributed by atoms with van der Waals surface area (Å²) in [5, 5.41) is 2.16. The Labute approximate surface area is 247 Å². The maximum Gasteiger partial charge on any atom is 0.426 e. The number of nitrogens with one attached hydrogen (secondary N) is 1. The first-order valence-electron chi connectivity index (χ1n) is 12.2. The Bertz CT molecular complexity index is 1520. The lowest BCUT2D eigenvalue weighted by Gasteiger charge is -2.26. The van der Waals surface area contributed by atoms with E-state index in [4.69, 9.17) is 11.6 Å². The van der Waals surface area contributed by atoms with Crippen molar-refractivity contribution in [1.29, 1.82) is 0 Å². The Morgan fingerprint density at radius 1 is 1.17 bits per heavy atom. The van der Waals surface area contributed by atoms with E-state index in [0.717, 1.165) is 23.8 Å². The van der Waals surface area contributed by atoms with Gasteiger partial charge in [-0.05, 0) is 78.0 Å². The first-order valence-corrected chi connectivity index (χ1v) is 13.3. The van der Waals surface area contributed by atoms with Crippen molar-refractivity contribution in [3.05, 3.63) is 80.8 Å². The summed E-state index contributed by atoms with van der Waals surface area (Å²) in [4.78, 5) is 31.4. The Kier molecular flexibility index (Phi) is 9.07. The number of ether oxygens (including phenoxy) is 1. The maximum absolute atomic E-state index is 15.8. The molecule has 2 aromatic carbocycles. The van der Waals surface area contributed by atoms with E-state index in [0.29, 0.717) is 12.1 Å². The van der Waals surface area contributed by atoms with Crippen molar-refractivity contribution in [3.63, 3.8) is 0 Å². The Hall–Kier alpha value is -3.39. The molecule has 1 fully saturated rings. The summed E-state index contributed by atoms with van der Waals surface area (Å²) in [5.41, 5.74) is -6.43. The SMILES string of the molecule is CC(F)(c1cc(Br)c(NC(=O)c2cccc(N(CC3CC3)C(=O)c3ccnc(Cl)c3)c2F)c(OC(F)F)c1)C(F)(F)F. The van der Waals surface area contributed by atoms with E-state index in [9.17, 15) is 35.9 Å². The molecule has 1 saturated carbocycles. The van der Waals surface area contributed by atoms with Gasteiger partial charge in [-0.15, -0.1) is 0 Å². The topological polar surface area (TPSA) is 71.5 Å². The molecule has 15 heteroatoms. The van der Waals surface area contributed by atoms with Crippen molar-refractivity contribution in [2.75, 3.05) is 16.8 Å². The summed E-state index contributed by atoms with van der Waals surface area (Å²) in [6, 6.07) is 7.28. The van der Waals surface area contributed by atoms with Gasteiger partial charge in [0.15, 0.2) is 11.6 Å². The smallest absolute Gasteiger partial charge is 0.426 e. The number of hydrogen-bond acceptors (Lipinski definition) is 4. The molecule has 1 aliphatic carbocycles. The number of halogens is 9. The Morgan fingerprint density at radius 2 is 1.86 bits per heavy atom. The molecular formula is C27H20BrClF7N3O3. The van der Waals surface area contributed by atoms with Gasteiger partial charge in [-0.2, -0.15) is 22.0 Å². The van der Waals surface area contributed by atoms with Crippen molar-refractivity contribution in [1.82, 2.24) is 4.98 Å². The fourth-order valence-electron chi connectivity index (χ4n) is 3.95. The lowest BCUT2D eigenvalue weighted by Crippen LogP contribution is -2.35. The summed E-state index contributed by atoms with van der Waals surface area (Å²) < 4.78 is 100. The van der Waals surface area contributed by atoms with Crippen LogP contribution in [0.3, 0.4) is 0 Å². The molecule has 1 atom stereocenters. The number of alkyl halides is 6. The molecule has 0 spiro atoms. The molecule has 3 aromatic rings. The minimum Gasteiger partial charge on any atom is -0.433 e. The highest BCUT2D eigenvalue weighted by atomic mass is 79.9. The van der Waals surface area contributed by atoms with E-state index in [1.165, 1.54) is 30.5 Å². The van der Waals surface area contributed by atoms with Crippen LogP contribution in [0.4, 0.5) is 42.1 Å². The minimum absolute atomic E-state index is 0.0301. The van der Waals surface area contributed by atoms with Gasteiger partial charge in [-0.1, -0.05) is 17.7 Å². The molecule has 0 aliphatic heterocycles. The zero-order chi connectivity index (χ0) is 31.0. The number of pyridine rings is 1. The zero-order valence-corrected chi connectivity index (χ0v) is 23.8. The third-order valence-corrected chi connectivity index (χ3v) is 7.29. The van der Waals surface area contributed by atoms with Gasteiger partial charge in [-0.25, -0.2) is 13.8 Å². The number of rotatable bonds is 9. The molecule has 2 amide bonds. The number of anilines is 2. The molecule has 1 unspecified atom stereocenters. The maximum atomic E-state index is 15.8. The quantitative estimate of drug-likeness (QED) is 0.182. The van der Waals surface area contributed by atoms with Crippen LogP contribution >= 0.6 is 27.5 Å².